The van der Waals surface area contributed by atoms with E-state index in [1.165, 1.54) is 28.3 Å². The van der Waals surface area contributed by atoms with E-state index in [0.717, 1.165) is 24.6 Å². The molecule has 0 unspecified atom stereocenters. The van der Waals surface area contributed by atoms with Crippen LogP contribution < -0.4 is 15.8 Å². The number of nitrogens with one attached hydrogen (secondary N) is 1. The summed E-state index contributed by atoms with van der Waals surface area (Å²) in [6.07, 6.45) is 3.86. The van der Waals surface area contributed by atoms with Gasteiger partial charge in [0, 0.05) is 19.2 Å². The molecule has 9 heteroatoms. The molecule has 26 heavy (non-hydrogen) atoms. The molecule has 4 rings (SSSR count). The number of rotatable bonds is 4. The van der Waals surface area contributed by atoms with Gasteiger partial charge in [-0.25, -0.2) is 0 Å². The standard InChI is InChI=1S/C17H19N5O3S/c1-11-4-2-6-21(10-11)17-20-22-13(8-14(23)19-16(22)26-17)15(24)18-9-12-5-3-7-25-12/h3,5,7-8,11H,2,4,6,9-10H2,1H3,(H,18,24)/t11-/m1/s1. The maximum Gasteiger partial charge on any atom is 0.274 e. The average Bonchev–Trinajstić information content (AvgIpc) is 3.28. The lowest BCUT2D eigenvalue weighted by atomic mass is 10.0. The second-order valence-electron chi connectivity index (χ2n) is 6.51. The molecule has 1 aliphatic heterocycles. The number of hydrogen-bond donors (Lipinski definition) is 1. The number of carbonyl (C=O) groups excluding carboxylic acids is 1. The minimum atomic E-state index is -0.449. The summed E-state index contributed by atoms with van der Waals surface area (Å²) >= 11 is 1.34. The normalized spacial score (nSPS) is 17.6. The lowest BCUT2D eigenvalue weighted by Gasteiger charge is -2.30. The third kappa shape index (κ3) is 3.34. The summed E-state index contributed by atoms with van der Waals surface area (Å²) in [4.78, 5) is 31.1. The Labute approximate surface area is 153 Å². The third-order valence-electron chi connectivity index (χ3n) is 4.41. The molecular formula is C17H19N5O3S. The molecular weight excluding hydrogens is 354 g/mol. The number of anilines is 1. The maximum absolute atomic E-state index is 12.6. The third-order valence-corrected chi connectivity index (χ3v) is 5.38. The maximum atomic E-state index is 12.6. The number of furan rings is 1. The van der Waals surface area contributed by atoms with E-state index in [0.29, 0.717) is 16.6 Å². The van der Waals surface area contributed by atoms with Crippen LogP contribution in [0.25, 0.3) is 4.96 Å². The first-order valence-electron chi connectivity index (χ1n) is 8.56. The van der Waals surface area contributed by atoms with Gasteiger partial charge < -0.3 is 14.6 Å². The zero-order chi connectivity index (χ0) is 18.1. The molecule has 0 saturated carbocycles. The highest BCUT2D eigenvalue weighted by Gasteiger charge is 2.22. The van der Waals surface area contributed by atoms with Gasteiger partial charge in [0.15, 0.2) is 0 Å². The molecule has 4 heterocycles. The molecule has 0 aliphatic carbocycles. The topological polar surface area (TPSA) is 92.7 Å². The second-order valence-corrected chi connectivity index (χ2v) is 7.45. The van der Waals surface area contributed by atoms with Crippen molar-refractivity contribution in [1.82, 2.24) is 19.9 Å². The number of aromatic nitrogens is 3. The molecule has 1 saturated heterocycles. The van der Waals surface area contributed by atoms with Crippen molar-refractivity contribution in [1.29, 1.82) is 0 Å². The molecule has 8 nitrogen and oxygen atoms in total. The quantitative estimate of drug-likeness (QED) is 0.751. The molecule has 3 aromatic heterocycles. The van der Waals surface area contributed by atoms with Crippen molar-refractivity contribution in [2.75, 3.05) is 18.0 Å². The molecule has 1 aliphatic rings. The van der Waals surface area contributed by atoms with E-state index in [9.17, 15) is 9.59 Å². The van der Waals surface area contributed by atoms with Crippen molar-refractivity contribution in [3.63, 3.8) is 0 Å². The van der Waals surface area contributed by atoms with Crippen LogP contribution in [0.2, 0.25) is 0 Å². The number of carbonyl (C=O) groups is 1. The minimum Gasteiger partial charge on any atom is -0.467 e. The van der Waals surface area contributed by atoms with E-state index >= 15 is 0 Å². The average molecular weight is 373 g/mol. The number of nitrogens with zero attached hydrogens (tertiary/aromatic N) is 4. The monoisotopic (exact) mass is 373 g/mol. The summed E-state index contributed by atoms with van der Waals surface area (Å²) in [5.41, 5.74) is -0.269. The highest BCUT2D eigenvalue weighted by atomic mass is 32.1. The Morgan fingerprint density at radius 3 is 3.15 bits per heavy atom. The van der Waals surface area contributed by atoms with Gasteiger partial charge in [-0.15, -0.1) is 5.10 Å². The Kier molecular flexibility index (Phi) is 4.46. The fourth-order valence-electron chi connectivity index (χ4n) is 3.13. The van der Waals surface area contributed by atoms with Crippen molar-refractivity contribution in [3.05, 3.63) is 46.3 Å². The highest BCUT2D eigenvalue weighted by Crippen LogP contribution is 2.27. The Hall–Kier alpha value is -2.68. The van der Waals surface area contributed by atoms with Gasteiger partial charge in [-0.2, -0.15) is 9.50 Å². The fourth-order valence-corrected chi connectivity index (χ4v) is 4.07. The largest absolute Gasteiger partial charge is 0.467 e. The molecule has 0 spiro atoms. The lowest BCUT2D eigenvalue weighted by Crippen LogP contribution is -2.34. The first kappa shape index (κ1) is 16.8. The second kappa shape index (κ2) is 6.91. The molecule has 0 bridgehead atoms. The van der Waals surface area contributed by atoms with Gasteiger partial charge in [-0.05, 0) is 30.9 Å². The zero-order valence-corrected chi connectivity index (χ0v) is 15.2. The van der Waals surface area contributed by atoms with Gasteiger partial charge in [-0.1, -0.05) is 18.3 Å². The molecule has 0 radical (unpaired) electrons. The predicted octanol–water partition coefficient (Wildman–Crippen LogP) is 1.91. The van der Waals surface area contributed by atoms with E-state index in [4.69, 9.17) is 4.42 Å². The molecule has 3 aromatic rings. The SMILES string of the molecule is C[C@@H]1CCCN(c2nn3c(C(=O)NCc4ccco4)cc(=O)nc3s2)C1. The van der Waals surface area contributed by atoms with Crippen LogP contribution in [0.3, 0.4) is 0 Å². The van der Waals surface area contributed by atoms with Crippen LogP contribution in [0, 0.1) is 5.92 Å². The van der Waals surface area contributed by atoms with Gasteiger partial charge in [0.2, 0.25) is 10.1 Å². The van der Waals surface area contributed by atoms with Crippen molar-refractivity contribution in [3.8, 4) is 0 Å². The first-order valence-corrected chi connectivity index (χ1v) is 9.38. The van der Waals surface area contributed by atoms with Gasteiger partial charge in [-0.3, -0.25) is 9.59 Å². The molecule has 1 atom stereocenters. The highest BCUT2D eigenvalue weighted by molar-refractivity contribution is 7.20. The van der Waals surface area contributed by atoms with Crippen molar-refractivity contribution < 1.29 is 9.21 Å². The molecule has 1 fully saturated rings. The van der Waals surface area contributed by atoms with Gasteiger partial charge in [0.1, 0.15) is 11.5 Å². The number of piperidine rings is 1. The van der Waals surface area contributed by atoms with E-state index in [1.807, 2.05) is 0 Å². The van der Waals surface area contributed by atoms with Gasteiger partial charge in [0.05, 0.1) is 12.8 Å². The van der Waals surface area contributed by atoms with Crippen LogP contribution in [0.15, 0.2) is 33.7 Å². The summed E-state index contributed by atoms with van der Waals surface area (Å²) in [7, 11) is 0. The van der Waals surface area contributed by atoms with E-state index in [2.05, 4.69) is 27.2 Å². The number of fused-ring (bicyclic) bond motifs is 1. The minimum absolute atomic E-state index is 0.180. The first-order chi connectivity index (χ1) is 12.6. The summed E-state index contributed by atoms with van der Waals surface area (Å²) in [5.74, 6) is 0.844. The van der Waals surface area contributed by atoms with Crippen molar-refractivity contribution in [2.24, 2.45) is 5.92 Å². The summed E-state index contributed by atoms with van der Waals surface area (Å²) in [5, 5.41) is 8.09. The van der Waals surface area contributed by atoms with Crippen LogP contribution in [0.4, 0.5) is 5.13 Å². The summed E-state index contributed by atoms with van der Waals surface area (Å²) < 4.78 is 6.67. The Morgan fingerprint density at radius 2 is 2.38 bits per heavy atom. The Bertz CT molecular complexity index is 978. The van der Waals surface area contributed by atoms with Crippen molar-refractivity contribution >= 4 is 27.3 Å². The summed E-state index contributed by atoms with van der Waals surface area (Å²) in [6, 6.07) is 4.74. The number of amides is 1. The molecule has 1 amide bonds. The van der Waals surface area contributed by atoms with Crippen molar-refractivity contribution in [2.45, 2.75) is 26.3 Å². The van der Waals surface area contributed by atoms with Crippen LogP contribution in [-0.4, -0.2) is 33.6 Å². The van der Waals surface area contributed by atoms with Gasteiger partial charge >= 0.3 is 0 Å². The van der Waals surface area contributed by atoms with Crippen LogP contribution in [0.5, 0.6) is 0 Å². The van der Waals surface area contributed by atoms with E-state index in [-0.39, 0.29) is 18.1 Å². The Balaban J connectivity index is 1.63. The van der Waals surface area contributed by atoms with E-state index in [1.54, 1.807) is 18.4 Å². The van der Waals surface area contributed by atoms with Crippen LogP contribution >= 0.6 is 11.3 Å². The van der Waals surface area contributed by atoms with Gasteiger partial charge in [0.25, 0.3) is 11.5 Å². The molecule has 0 aromatic carbocycles. The van der Waals surface area contributed by atoms with E-state index < -0.39 is 5.56 Å². The smallest absolute Gasteiger partial charge is 0.274 e. The Morgan fingerprint density at radius 1 is 1.50 bits per heavy atom. The predicted molar refractivity (Wildman–Crippen MR) is 97.6 cm³/mol. The van der Waals surface area contributed by atoms with Crippen LogP contribution in [-0.2, 0) is 6.54 Å². The summed E-state index contributed by atoms with van der Waals surface area (Å²) in [6.45, 7) is 4.30. The number of hydrogen-bond acceptors (Lipinski definition) is 7. The zero-order valence-electron chi connectivity index (χ0n) is 14.3. The molecule has 1 N–H and O–H groups in total. The molecule has 136 valence electrons. The van der Waals surface area contributed by atoms with Crippen LogP contribution in [0.1, 0.15) is 36.0 Å². The lowest BCUT2D eigenvalue weighted by molar-refractivity contribution is 0.0940. The fraction of sp³-hybridized carbons (Fsp3) is 0.412.